The number of rotatable bonds is 5. The van der Waals surface area contributed by atoms with Crippen molar-refractivity contribution in [3.05, 3.63) is 40.1 Å². The van der Waals surface area contributed by atoms with Crippen molar-refractivity contribution in [3.8, 4) is 0 Å². The predicted octanol–water partition coefficient (Wildman–Crippen LogP) is 2.33. The third-order valence-electron chi connectivity index (χ3n) is 2.57. The van der Waals surface area contributed by atoms with Crippen molar-refractivity contribution in [3.63, 3.8) is 0 Å². The van der Waals surface area contributed by atoms with E-state index in [9.17, 15) is 0 Å². The van der Waals surface area contributed by atoms with Gasteiger partial charge in [0.05, 0.1) is 10.7 Å². The van der Waals surface area contributed by atoms with Crippen LogP contribution in [0.3, 0.4) is 0 Å². The van der Waals surface area contributed by atoms with Gasteiger partial charge in [-0.3, -0.25) is 0 Å². The first-order valence-corrected chi connectivity index (χ1v) is 6.41. The van der Waals surface area contributed by atoms with E-state index in [4.69, 9.17) is 0 Å². The second-order valence-corrected chi connectivity index (χ2v) is 4.74. The molecule has 86 valence electrons. The molecule has 1 N–H and O–H groups in total. The molecule has 0 radical (unpaired) electrons. The van der Waals surface area contributed by atoms with Crippen LogP contribution in [-0.2, 0) is 26.6 Å². The Morgan fingerprint density at radius 2 is 2.31 bits per heavy atom. The minimum absolute atomic E-state index is 0.849. The van der Waals surface area contributed by atoms with Crippen LogP contribution < -0.4 is 5.32 Å². The molecule has 2 rings (SSSR count). The number of nitrogens with zero attached hydrogens (tertiary/aromatic N) is 2. The summed E-state index contributed by atoms with van der Waals surface area (Å²) in [6, 6.07) is 4.20. The third kappa shape index (κ3) is 2.71. The van der Waals surface area contributed by atoms with E-state index in [1.807, 2.05) is 0 Å². The van der Waals surface area contributed by atoms with Gasteiger partial charge in [-0.25, -0.2) is 4.98 Å². The average molecular weight is 235 g/mol. The smallest absolute Gasteiger partial charge is 0.0926 e. The van der Waals surface area contributed by atoms with Gasteiger partial charge in [0.25, 0.3) is 0 Å². The Kier molecular flexibility index (Phi) is 3.74. The molecule has 2 aromatic rings. The summed E-state index contributed by atoms with van der Waals surface area (Å²) in [5.74, 6) is 0. The molecule has 0 amide bonds. The topological polar surface area (TPSA) is 29.9 Å². The average Bonchev–Trinajstić information content (AvgIpc) is 2.89. The van der Waals surface area contributed by atoms with Crippen LogP contribution in [0, 0.1) is 0 Å². The lowest BCUT2D eigenvalue weighted by Gasteiger charge is -2.04. The first kappa shape index (κ1) is 11.4. The fourth-order valence-corrected chi connectivity index (χ4v) is 2.34. The molecule has 0 saturated heterocycles. The largest absolute Gasteiger partial charge is 0.353 e. The summed E-state index contributed by atoms with van der Waals surface area (Å²) in [6.07, 6.45) is 3.09. The van der Waals surface area contributed by atoms with Gasteiger partial charge in [0.1, 0.15) is 0 Å². The van der Waals surface area contributed by atoms with Gasteiger partial charge in [-0.15, -0.1) is 11.3 Å². The van der Waals surface area contributed by atoms with Crippen LogP contribution in [0.15, 0.2) is 23.7 Å². The Bertz CT molecular complexity index is 445. The van der Waals surface area contributed by atoms with Gasteiger partial charge < -0.3 is 9.88 Å². The van der Waals surface area contributed by atoms with E-state index in [1.165, 1.54) is 10.7 Å². The van der Waals surface area contributed by atoms with Crippen LogP contribution in [0.2, 0.25) is 0 Å². The summed E-state index contributed by atoms with van der Waals surface area (Å²) in [5, 5.41) is 6.76. The molecule has 0 fully saturated rings. The molecule has 0 aromatic carbocycles. The lowest BCUT2D eigenvalue weighted by atomic mass is 10.4. The molecule has 0 atom stereocenters. The predicted molar refractivity (Wildman–Crippen MR) is 67.4 cm³/mol. The molecule has 0 unspecified atom stereocenters. The Balaban J connectivity index is 1.82. The van der Waals surface area contributed by atoms with Gasteiger partial charge >= 0.3 is 0 Å². The van der Waals surface area contributed by atoms with Crippen LogP contribution in [0.1, 0.15) is 23.3 Å². The van der Waals surface area contributed by atoms with E-state index in [2.05, 4.69) is 52.5 Å². The molecule has 3 nitrogen and oxygen atoms in total. The van der Waals surface area contributed by atoms with Crippen molar-refractivity contribution in [1.82, 2.24) is 14.9 Å². The van der Waals surface area contributed by atoms with E-state index < -0.39 is 0 Å². The maximum absolute atomic E-state index is 4.52. The Hall–Kier alpha value is -1.13. The van der Waals surface area contributed by atoms with Gasteiger partial charge in [0.2, 0.25) is 0 Å². The SMILES string of the molecule is CCc1nc(CNCc2cccn2C)cs1. The molecule has 2 heterocycles. The van der Waals surface area contributed by atoms with Gasteiger partial charge in [0, 0.05) is 37.4 Å². The Morgan fingerprint density at radius 1 is 1.44 bits per heavy atom. The molecule has 0 spiro atoms. The molecule has 4 heteroatoms. The molecule has 2 aromatic heterocycles. The highest BCUT2D eigenvalue weighted by Gasteiger charge is 2.00. The van der Waals surface area contributed by atoms with Gasteiger partial charge in [-0.1, -0.05) is 6.92 Å². The van der Waals surface area contributed by atoms with Gasteiger partial charge in [-0.2, -0.15) is 0 Å². The fourth-order valence-electron chi connectivity index (χ4n) is 1.59. The minimum atomic E-state index is 0.849. The fraction of sp³-hybridized carbons (Fsp3) is 0.417. The van der Waals surface area contributed by atoms with Crippen molar-refractivity contribution in [2.45, 2.75) is 26.4 Å². The van der Waals surface area contributed by atoms with Crippen LogP contribution in [0.5, 0.6) is 0 Å². The van der Waals surface area contributed by atoms with Gasteiger partial charge in [0.15, 0.2) is 0 Å². The molecule has 0 aliphatic heterocycles. The molecule has 0 bridgehead atoms. The summed E-state index contributed by atoms with van der Waals surface area (Å²) >= 11 is 1.74. The molecule has 16 heavy (non-hydrogen) atoms. The van der Waals surface area contributed by atoms with Crippen LogP contribution in [-0.4, -0.2) is 9.55 Å². The third-order valence-corrected chi connectivity index (χ3v) is 3.61. The summed E-state index contributed by atoms with van der Waals surface area (Å²) in [7, 11) is 2.06. The first-order chi connectivity index (χ1) is 7.79. The van der Waals surface area contributed by atoms with E-state index in [0.717, 1.165) is 25.2 Å². The summed E-state index contributed by atoms with van der Waals surface area (Å²) in [6.45, 7) is 3.88. The number of hydrogen-bond acceptors (Lipinski definition) is 3. The van der Waals surface area contributed by atoms with Crippen LogP contribution in [0.4, 0.5) is 0 Å². The second-order valence-electron chi connectivity index (χ2n) is 3.80. The van der Waals surface area contributed by atoms with Crippen molar-refractivity contribution in [1.29, 1.82) is 0 Å². The van der Waals surface area contributed by atoms with Crippen molar-refractivity contribution in [2.24, 2.45) is 7.05 Å². The van der Waals surface area contributed by atoms with Crippen LogP contribution >= 0.6 is 11.3 Å². The molecule has 0 aliphatic carbocycles. The quantitative estimate of drug-likeness (QED) is 0.862. The maximum atomic E-state index is 4.52. The van der Waals surface area contributed by atoms with E-state index >= 15 is 0 Å². The molecule has 0 aliphatic rings. The highest BCUT2D eigenvalue weighted by molar-refractivity contribution is 7.09. The molecular formula is C12H17N3S. The Labute approximate surface area is 100 Å². The standard InChI is InChI=1S/C12H17N3S/c1-3-12-14-10(9-16-12)7-13-8-11-5-4-6-15(11)2/h4-6,9,13H,3,7-8H2,1-2H3. The monoisotopic (exact) mass is 235 g/mol. The zero-order valence-corrected chi connectivity index (χ0v) is 10.5. The molecular weight excluding hydrogens is 218 g/mol. The van der Waals surface area contributed by atoms with E-state index in [-0.39, 0.29) is 0 Å². The summed E-state index contributed by atoms with van der Waals surface area (Å²) < 4.78 is 2.13. The first-order valence-electron chi connectivity index (χ1n) is 5.53. The summed E-state index contributed by atoms with van der Waals surface area (Å²) in [4.78, 5) is 4.52. The van der Waals surface area contributed by atoms with E-state index in [1.54, 1.807) is 11.3 Å². The van der Waals surface area contributed by atoms with Crippen molar-refractivity contribution in [2.75, 3.05) is 0 Å². The van der Waals surface area contributed by atoms with E-state index in [0.29, 0.717) is 0 Å². The number of aromatic nitrogens is 2. The zero-order chi connectivity index (χ0) is 11.4. The normalized spacial score (nSPS) is 10.9. The van der Waals surface area contributed by atoms with Crippen LogP contribution in [0.25, 0.3) is 0 Å². The maximum Gasteiger partial charge on any atom is 0.0926 e. The number of aryl methyl sites for hydroxylation is 2. The Morgan fingerprint density at radius 3 is 2.94 bits per heavy atom. The number of nitrogens with one attached hydrogen (secondary N) is 1. The molecule has 0 saturated carbocycles. The zero-order valence-electron chi connectivity index (χ0n) is 9.73. The lowest BCUT2D eigenvalue weighted by molar-refractivity contribution is 0.646. The number of thiazole rings is 1. The highest BCUT2D eigenvalue weighted by Crippen LogP contribution is 2.10. The summed E-state index contributed by atoms with van der Waals surface area (Å²) in [5.41, 5.74) is 2.45. The van der Waals surface area contributed by atoms with Crippen molar-refractivity contribution < 1.29 is 0 Å². The van der Waals surface area contributed by atoms with Gasteiger partial charge in [-0.05, 0) is 18.6 Å². The highest BCUT2D eigenvalue weighted by atomic mass is 32.1. The lowest BCUT2D eigenvalue weighted by Crippen LogP contribution is -2.14. The minimum Gasteiger partial charge on any atom is -0.353 e. The number of hydrogen-bond donors (Lipinski definition) is 1. The van der Waals surface area contributed by atoms with Crippen molar-refractivity contribution >= 4 is 11.3 Å². The second kappa shape index (κ2) is 5.27.